The number of hydrogen-bond acceptors (Lipinski definition) is 6. The van der Waals surface area contributed by atoms with E-state index in [1.165, 1.54) is 103 Å². The van der Waals surface area contributed by atoms with Crippen molar-refractivity contribution in [3.63, 3.8) is 0 Å². The summed E-state index contributed by atoms with van der Waals surface area (Å²) in [7, 11) is 0. The quantitative estimate of drug-likeness (QED) is 0.0262. The van der Waals surface area contributed by atoms with Crippen LogP contribution in [-0.2, 0) is 28.6 Å². The lowest BCUT2D eigenvalue weighted by atomic mass is 10.0. The summed E-state index contributed by atoms with van der Waals surface area (Å²) in [6, 6.07) is 0. The van der Waals surface area contributed by atoms with Crippen LogP contribution in [0.5, 0.6) is 0 Å². The van der Waals surface area contributed by atoms with Crippen molar-refractivity contribution in [3.8, 4) is 0 Å². The summed E-state index contributed by atoms with van der Waals surface area (Å²) < 4.78 is 16.7. The Bertz CT molecular complexity index is 1270. The number of unbranched alkanes of at least 4 members (excludes halogenated alkanes) is 23. The SMILES string of the molecule is CC/C=C\C/C=C\C/C=C\C/C=C\C/C=C\CCCCCC(=O)OC(COC(=O)CCCCCCC)COC(=O)CCCCCCCCCCCCC/C=C\C/C=C\CCCCCCC. The highest BCUT2D eigenvalue weighted by atomic mass is 16.6. The lowest BCUT2D eigenvalue weighted by Crippen LogP contribution is -2.30. The zero-order valence-electron chi connectivity index (χ0n) is 42.5. The Balaban J connectivity index is 4.18. The summed E-state index contributed by atoms with van der Waals surface area (Å²) in [6.07, 6.45) is 69.0. The molecule has 0 bridgehead atoms. The third-order valence-corrected chi connectivity index (χ3v) is 11.4. The largest absolute Gasteiger partial charge is 0.462 e. The van der Waals surface area contributed by atoms with Crippen LogP contribution in [0.3, 0.4) is 0 Å². The van der Waals surface area contributed by atoms with Crippen LogP contribution < -0.4 is 0 Å². The topological polar surface area (TPSA) is 78.9 Å². The second-order valence-electron chi connectivity index (χ2n) is 17.8. The number of allylic oxidation sites excluding steroid dienone is 14. The van der Waals surface area contributed by atoms with Crippen LogP contribution in [0.1, 0.15) is 252 Å². The van der Waals surface area contributed by atoms with Gasteiger partial charge in [-0.3, -0.25) is 14.4 Å². The number of rotatable bonds is 48. The van der Waals surface area contributed by atoms with Crippen molar-refractivity contribution in [1.29, 1.82) is 0 Å². The molecule has 0 aromatic heterocycles. The van der Waals surface area contributed by atoms with Gasteiger partial charge in [0.2, 0.25) is 0 Å². The van der Waals surface area contributed by atoms with E-state index in [1.807, 2.05) is 0 Å². The van der Waals surface area contributed by atoms with Gasteiger partial charge in [0.15, 0.2) is 6.10 Å². The summed E-state index contributed by atoms with van der Waals surface area (Å²) in [5.41, 5.74) is 0. The molecule has 1 atom stereocenters. The van der Waals surface area contributed by atoms with E-state index < -0.39 is 6.10 Å². The molecule has 0 heterocycles. The zero-order valence-corrected chi connectivity index (χ0v) is 42.5. The van der Waals surface area contributed by atoms with Gasteiger partial charge in [0.05, 0.1) is 0 Å². The molecule has 0 fully saturated rings. The van der Waals surface area contributed by atoms with Gasteiger partial charge in [-0.15, -0.1) is 0 Å². The van der Waals surface area contributed by atoms with Gasteiger partial charge >= 0.3 is 17.9 Å². The smallest absolute Gasteiger partial charge is 0.306 e. The first kappa shape index (κ1) is 61.6. The minimum absolute atomic E-state index is 0.0912. The Morgan fingerprint density at radius 3 is 0.954 bits per heavy atom. The van der Waals surface area contributed by atoms with Gasteiger partial charge < -0.3 is 14.2 Å². The Morgan fingerprint density at radius 1 is 0.323 bits per heavy atom. The summed E-state index contributed by atoms with van der Waals surface area (Å²) in [6.45, 7) is 6.40. The first-order valence-corrected chi connectivity index (χ1v) is 27.1. The zero-order chi connectivity index (χ0) is 47.2. The van der Waals surface area contributed by atoms with Crippen LogP contribution >= 0.6 is 0 Å². The number of ether oxygens (including phenoxy) is 3. The van der Waals surface area contributed by atoms with Gasteiger partial charge in [-0.25, -0.2) is 0 Å². The average molecular weight is 905 g/mol. The molecule has 0 radical (unpaired) electrons. The molecule has 0 spiro atoms. The van der Waals surface area contributed by atoms with Crippen LogP contribution in [0.25, 0.3) is 0 Å². The van der Waals surface area contributed by atoms with Crippen molar-refractivity contribution in [2.24, 2.45) is 0 Å². The molecule has 65 heavy (non-hydrogen) atoms. The molecule has 0 aliphatic rings. The molecular weight excluding hydrogens is 805 g/mol. The van der Waals surface area contributed by atoms with Gasteiger partial charge in [0.1, 0.15) is 13.2 Å². The van der Waals surface area contributed by atoms with E-state index in [1.54, 1.807) is 0 Å². The molecular formula is C59H100O6. The Kier molecular flexibility index (Phi) is 50.4. The Labute approximate surface area is 401 Å². The minimum atomic E-state index is -0.791. The maximum atomic E-state index is 12.7. The molecule has 372 valence electrons. The van der Waals surface area contributed by atoms with Crippen molar-refractivity contribution in [2.45, 2.75) is 258 Å². The fourth-order valence-corrected chi connectivity index (χ4v) is 7.32. The molecule has 6 nitrogen and oxygen atoms in total. The van der Waals surface area contributed by atoms with E-state index in [4.69, 9.17) is 14.2 Å². The van der Waals surface area contributed by atoms with Crippen LogP contribution in [-0.4, -0.2) is 37.2 Å². The first-order valence-electron chi connectivity index (χ1n) is 27.1. The maximum Gasteiger partial charge on any atom is 0.306 e. The van der Waals surface area contributed by atoms with Gasteiger partial charge in [-0.05, 0) is 96.3 Å². The average Bonchev–Trinajstić information content (AvgIpc) is 3.30. The van der Waals surface area contributed by atoms with Crippen molar-refractivity contribution >= 4 is 17.9 Å². The van der Waals surface area contributed by atoms with E-state index in [9.17, 15) is 14.4 Å². The van der Waals surface area contributed by atoms with Crippen LogP contribution in [0.4, 0.5) is 0 Å². The van der Waals surface area contributed by atoms with Crippen molar-refractivity contribution in [1.82, 2.24) is 0 Å². The van der Waals surface area contributed by atoms with Crippen molar-refractivity contribution < 1.29 is 28.6 Å². The monoisotopic (exact) mass is 905 g/mol. The van der Waals surface area contributed by atoms with E-state index in [0.717, 1.165) is 109 Å². The van der Waals surface area contributed by atoms with Crippen LogP contribution in [0.15, 0.2) is 85.1 Å². The van der Waals surface area contributed by atoms with Gasteiger partial charge in [0, 0.05) is 19.3 Å². The molecule has 0 aliphatic heterocycles. The second-order valence-corrected chi connectivity index (χ2v) is 17.8. The summed E-state index contributed by atoms with van der Waals surface area (Å²) in [4.78, 5) is 37.7. The Morgan fingerprint density at radius 2 is 0.600 bits per heavy atom. The first-order chi connectivity index (χ1) is 32.0. The standard InChI is InChI=1S/C59H100O6/c1-4-7-10-13-15-17-19-21-23-25-27-28-29-30-32-33-35-37-39-41-43-46-49-52-58(61)64-55-56(54-63-57(60)51-48-45-12-9-6-3)65-59(62)53-50-47-44-42-40-38-36-34-31-26-24-22-20-18-16-14-11-8-5-2/h8,11,16,18-19,21-22,24-25,27,31,34,38,40,56H,4-7,9-10,12-15,17,20,23,26,28-30,32-33,35-37,39,41-55H2,1-3H3/b11-8-,18-16-,21-19-,24-22-,27-25-,34-31-,40-38-. The maximum absolute atomic E-state index is 12.7. The fourth-order valence-electron chi connectivity index (χ4n) is 7.32. The van der Waals surface area contributed by atoms with Crippen molar-refractivity contribution in [3.05, 3.63) is 85.1 Å². The third kappa shape index (κ3) is 51.4. The number of carbonyl (C=O) groups is 3. The van der Waals surface area contributed by atoms with E-state index in [-0.39, 0.29) is 37.5 Å². The second kappa shape index (κ2) is 53.2. The van der Waals surface area contributed by atoms with E-state index >= 15 is 0 Å². The predicted molar refractivity (Wildman–Crippen MR) is 279 cm³/mol. The summed E-state index contributed by atoms with van der Waals surface area (Å²) >= 11 is 0. The number of hydrogen-bond donors (Lipinski definition) is 0. The minimum Gasteiger partial charge on any atom is -0.462 e. The summed E-state index contributed by atoms with van der Waals surface area (Å²) in [5.74, 6) is -0.939. The molecule has 0 aliphatic carbocycles. The lowest BCUT2D eigenvalue weighted by molar-refractivity contribution is -0.167. The molecule has 0 saturated carbocycles. The molecule has 0 amide bonds. The lowest BCUT2D eigenvalue weighted by Gasteiger charge is -2.18. The third-order valence-electron chi connectivity index (χ3n) is 11.4. The Hall–Kier alpha value is -3.41. The highest BCUT2D eigenvalue weighted by Gasteiger charge is 2.19. The van der Waals surface area contributed by atoms with Gasteiger partial charge in [-0.2, -0.15) is 0 Å². The van der Waals surface area contributed by atoms with Crippen LogP contribution in [0, 0.1) is 0 Å². The predicted octanol–water partition coefficient (Wildman–Crippen LogP) is 18.0. The molecule has 0 N–H and O–H groups in total. The normalized spacial score (nSPS) is 12.7. The fraction of sp³-hybridized carbons (Fsp3) is 0.712. The number of esters is 3. The molecule has 0 saturated heterocycles. The molecule has 1 unspecified atom stereocenters. The van der Waals surface area contributed by atoms with E-state index in [2.05, 4.69) is 106 Å². The summed E-state index contributed by atoms with van der Waals surface area (Å²) in [5, 5.41) is 0. The molecule has 0 rings (SSSR count). The van der Waals surface area contributed by atoms with E-state index in [0.29, 0.717) is 12.8 Å². The highest BCUT2D eigenvalue weighted by Crippen LogP contribution is 2.14. The van der Waals surface area contributed by atoms with Gasteiger partial charge in [-0.1, -0.05) is 221 Å². The number of carbonyl (C=O) groups excluding carboxylic acids is 3. The molecule has 0 aromatic carbocycles. The molecule has 0 aromatic rings. The van der Waals surface area contributed by atoms with Gasteiger partial charge in [0.25, 0.3) is 0 Å². The highest BCUT2D eigenvalue weighted by molar-refractivity contribution is 5.71. The molecule has 6 heteroatoms. The van der Waals surface area contributed by atoms with Crippen molar-refractivity contribution in [2.75, 3.05) is 13.2 Å². The van der Waals surface area contributed by atoms with Crippen LogP contribution in [0.2, 0.25) is 0 Å².